The number of hydrogen-bond donors (Lipinski definition) is 4. The first-order chi connectivity index (χ1) is 12.1. The lowest BCUT2D eigenvalue weighted by molar-refractivity contribution is -0.121. The number of rotatable bonds is 7. The van der Waals surface area contributed by atoms with Crippen LogP contribution in [-0.4, -0.2) is 34.8 Å². The van der Waals surface area contributed by atoms with Crippen LogP contribution in [0.15, 0.2) is 53.6 Å². The van der Waals surface area contributed by atoms with Crippen LogP contribution < -0.4 is 10.7 Å². The van der Waals surface area contributed by atoms with Gasteiger partial charge in [-0.3, -0.25) is 9.59 Å². The number of nitrogens with zero attached hydrogens (tertiary/aromatic N) is 1. The first-order valence-corrected chi connectivity index (χ1v) is 7.73. The average Bonchev–Trinajstić information content (AvgIpc) is 2.61. The van der Waals surface area contributed by atoms with Crippen molar-refractivity contribution in [2.45, 2.75) is 12.8 Å². The number of hydrogen-bond acceptors (Lipinski definition) is 5. The van der Waals surface area contributed by atoms with Gasteiger partial charge >= 0.3 is 0 Å². The fourth-order valence-electron chi connectivity index (χ4n) is 2.01. The Hall–Kier alpha value is -3.35. The Bertz CT molecular complexity index is 760. The molecule has 0 aliphatic heterocycles. The molecule has 0 unspecified atom stereocenters. The van der Waals surface area contributed by atoms with Gasteiger partial charge in [0.05, 0.1) is 6.21 Å². The van der Waals surface area contributed by atoms with E-state index in [9.17, 15) is 19.8 Å². The smallest absolute Gasteiger partial charge is 0.251 e. The zero-order valence-electron chi connectivity index (χ0n) is 13.5. The maximum Gasteiger partial charge on any atom is 0.251 e. The molecule has 2 aromatic carbocycles. The fourth-order valence-corrected chi connectivity index (χ4v) is 2.01. The van der Waals surface area contributed by atoms with Gasteiger partial charge in [-0.1, -0.05) is 18.2 Å². The molecule has 0 aromatic heterocycles. The Kier molecular flexibility index (Phi) is 6.53. The van der Waals surface area contributed by atoms with Crippen molar-refractivity contribution in [2.24, 2.45) is 5.10 Å². The highest BCUT2D eigenvalue weighted by Crippen LogP contribution is 2.20. The van der Waals surface area contributed by atoms with E-state index < -0.39 is 0 Å². The predicted molar refractivity (Wildman–Crippen MR) is 93.5 cm³/mol. The van der Waals surface area contributed by atoms with Crippen molar-refractivity contribution in [1.82, 2.24) is 10.7 Å². The molecule has 0 fully saturated rings. The van der Waals surface area contributed by atoms with Crippen LogP contribution in [-0.2, 0) is 4.79 Å². The molecule has 0 atom stereocenters. The third kappa shape index (κ3) is 5.98. The maximum atomic E-state index is 11.8. The lowest BCUT2D eigenvalue weighted by Gasteiger charge is -2.04. The van der Waals surface area contributed by atoms with Crippen LogP contribution in [0.4, 0.5) is 0 Å². The van der Waals surface area contributed by atoms with Crippen molar-refractivity contribution in [3.63, 3.8) is 0 Å². The Labute approximate surface area is 145 Å². The van der Waals surface area contributed by atoms with Crippen LogP contribution in [0.25, 0.3) is 0 Å². The number of carbonyl (C=O) groups is 2. The van der Waals surface area contributed by atoms with Crippen molar-refractivity contribution in [1.29, 1.82) is 0 Å². The van der Waals surface area contributed by atoms with Gasteiger partial charge in [0.25, 0.3) is 5.91 Å². The molecular formula is C18H19N3O4. The molecule has 25 heavy (non-hydrogen) atoms. The summed E-state index contributed by atoms with van der Waals surface area (Å²) in [5, 5.41) is 25.2. The van der Waals surface area contributed by atoms with E-state index in [4.69, 9.17) is 0 Å². The summed E-state index contributed by atoms with van der Waals surface area (Å²) in [4.78, 5) is 23.4. The van der Waals surface area contributed by atoms with E-state index >= 15 is 0 Å². The van der Waals surface area contributed by atoms with Gasteiger partial charge in [-0.05, 0) is 30.7 Å². The third-order valence-electron chi connectivity index (χ3n) is 3.31. The minimum atomic E-state index is -0.302. The number of benzene rings is 2. The highest BCUT2D eigenvalue weighted by Gasteiger charge is 2.05. The maximum absolute atomic E-state index is 11.8. The molecule has 7 nitrogen and oxygen atoms in total. The van der Waals surface area contributed by atoms with Crippen molar-refractivity contribution in [3.05, 3.63) is 59.7 Å². The van der Waals surface area contributed by atoms with Gasteiger partial charge in [0.1, 0.15) is 11.5 Å². The van der Waals surface area contributed by atoms with Gasteiger partial charge in [0, 0.05) is 30.2 Å². The molecule has 4 N–H and O–H groups in total. The van der Waals surface area contributed by atoms with E-state index in [1.807, 2.05) is 6.07 Å². The number of aromatic hydroxyl groups is 2. The van der Waals surface area contributed by atoms with Gasteiger partial charge < -0.3 is 15.5 Å². The molecule has 0 saturated carbocycles. The summed E-state index contributed by atoms with van der Waals surface area (Å²) in [7, 11) is 0. The van der Waals surface area contributed by atoms with Gasteiger partial charge in [0.15, 0.2) is 0 Å². The molecule has 0 aliphatic rings. The number of nitrogens with one attached hydrogen (secondary N) is 2. The highest BCUT2D eigenvalue weighted by molar-refractivity contribution is 5.94. The SMILES string of the molecule is O=C(CCCNC(=O)c1ccccc1)N/N=C/c1ccc(O)cc1O. The summed E-state index contributed by atoms with van der Waals surface area (Å²) in [5.41, 5.74) is 3.28. The molecule has 2 rings (SSSR count). The minimum Gasteiger partial charge on any atom is -0.508 e. The van der Waals surface area contributed by atoms with Gasteiger partial charge in [-0.15, -0.1) is 0 Å². The van der Waals surface area contributed by atoms with Crippen LogP contribution >= 0.6 is 0 Å². The zero-order valence-corrected chi connectivity index (χ0v) is 13.5. The van der Waals surface area contributed by atoms with Gasteiger partial charge in [-0.2, -0.15) is 5.10 Å². The number of hydrazone groups is 1. The highest BCUT2D eigenvalue weighted by atomic mass is 16.3. The molecule has 0 radical (unpaired) electrons. The van der Waals surface area contributed by atoms with Crippen LogP contribution in [0.5, 0.6) is 11.5 Å². The summed E-state index contributed by atoms with van der Waals surface area (Å²) in [6.45, 7) is 0.379. The second-order valence-corrected chi connectivity index (χ2v) is 5.26. The quantitative estimate of drug-likeness (QED) is 0.349. The Morgan fingerprint density at radius 3 is 2.56 bits per heavy atom. The predicted octanol–water partition coefficient (Wildman–Crippen LogP) is 1.76. The van der Waals surface area contributed by atoms with Crippen LogP contribution in [0.2, 0.25) is 0 Å². The van der Waals surface area contributed by atoms with Crippen molar-refractivity contribution >= 4 is 18.0 Å². The second kappa shape index (κ2) is 9.07. The summed E-state index contributed by atoms with van der Waals surface area (Å²) in [5.74, 6) is -0.678. The van der Waals surface area contributed by atoms with E-state index in [0.29, 0.717) is 24.1 Å². The number of amides is 2. The van der Waals surface area contributed by atoms with Crippen LogP contribution in [0.3, 0.4) is 0 Å². The summed E-state index contributed by atoms with van der Waals surface area (Å²) in [6.07, 6.45) is 1.96. The molecule has 0 heterocycles. The molecule has 0 spiro atoms. The van der Waals surface area contributed by atoms with Crippen LogP contribution in [0, 0.1) is 0 Å². The van der Waals surface area contributed by atoms with E-state index in [2.05, 4.69) is 15.8 Å². The largest absolute Gasteiger partial charge is 0.508 e. The summed E-state index contributed by atoms with van der Waals surface area (Å²) < 4.78 is 0. The molecule has 130 valence electrons. The van der Waals surface area contributed by atoms with E-state index in [0.717, 1.165) is 0 Å². The standard InChI is InChI=1S/C18H19N3O4/c22-15-9-8-14(16(23)11-15)12-20-21-17(24)7-4-10-19-18(25)13-5-2-1-3-6-13/h1-3,5-6,8-9,11-12,22-23H,4,7,10H2,(H,19,25)(H,21,24)/b20-12+. The van der Waals surface area contributed by atoms with Crippen LogP contribution in [0.1, 0.15) is 28.8 Å². The average molecular weight is 341 g/mol. The van der Waals surface area contributed by atoms with Crippen molar-refractivity contribution in [2.75, 3.05) is 6.54 Å². The molecule has 2 aromatic rings. The first kappa shape index (κ1) is 18.0. The number of carbonyl (C=O) groups excluding carboxylic acids is 2. The van der Waals surface area contributed by atoms with E-state index in [1.165, 1.54) is 24.4 Å². The summed E-state index contributed by atoms with van der Waals surface area (Å²) in [6, 6.07) is 12.9. The normalized spacial score (nSPS) is 10.6. The molecule has 7 heteroatoms. The second-order valence-electron chi connectivity index (χ2n) is 5.26. The van der Waals surface area contributed by atoms with Crippen molar-refractivity contribution in [3.8, 4) is 11.5 Å². The fraction of sp³-hybridized carbons (Fsp3) is 0.167. The lowest BCUT2D eigenvalue weighted by Crippen LogP contribution is -2.26. The third-order valence-corrected chi connectivity index (χ3v) is 3.31. The molecule has 0 bridgehead atoms. The Morgan fingerprint density at radius 1 is 1.08 bits per heavy atom. The monoisotopic (exact) mass is 341 g/mol. The van der Waals surface area contributed by atoms with E-state index in [-0.39, 0.29) is 29.7 Å². The molecule has 0 aliphatic carbocycles. The summed E-state index contributed by atoms with van der Waals surface area (Å²) >= 11 is 0. The first-order valence-electron chi connectivity index (χ1n) is 7.73. The topological polar surface area (TPSA) is 111 Å². The van der Waals surface area contributed by atoms with Gasteiger partial charge in [-0.25, -0.2) is 5.43 Å². The molecule has 0 saturated heterocycles. The van der Waals surface area contributed by atoms with Gasteiger partial charge in [0.2, 0.25) is 5.91 Å². The Balaban J connectivity index is 1.67. The zero-order chi connectivity index (χ0) is 18.1. The Morgan fingerprint density at radius 2 is 1.84 bits per heavy atom. The van der Waals surface area contributed by atoms with Crippen molar-refractivity contribution < 1.29 is 19.8 Å². The lowest BCUT2D eigenvalue weighted by atomic mass is 10.2. The number of phenols is 2. The van der Waals surface area contributed by atoms with E-state index in [1.54, 1.807) is 24.3 Å². The molecular weight excluding hydrogens is 322 g/mol. The number of phenolic OH excluding ortho intramolecular Hbond substituents is 2. The molecule has 2 amide bonds. The minimum absolute atomic E-state index is 0.0590.